The molecule has 2 aromatic rings. The van der Waals surface area contributed by atoms with Crippen molar-refractivity contribution in [1.82, 2.24) is 4.31 Å². The minimum absolute atomic E-state index is 0.312. The number of aryl methyl sites for hydroxylation is 1. The van der Waals surface area contributed by atoms with Crippen LogP contribution in [0.1, 0.15) is 11.1 Å². The number of nitrogens with one attached hydrogen (secondary N) is 2. The predicted molar refractivity (Wildman–Crippen MR) is 110 cm³/mol. The highest BCUT2D eigenvalue weighted by molar-refractivity contribution is 7.89. The molecule has 0 unspecified atom stereocenters. The first-order valence-electron chi connectivity index (χ1n) is 10.3. The van der Waals surface area contributed by atoms with Crippen LogP contribution in [0.4, 0.5) is 5.82 Å². The molecule has 3 heterocycles. The molecule has 0 bridgehead atoms. The molecule has 0 spiro atoms. The Morgan fingerprint density at radius 1 is 1.07 bits per heavy atom. The molecule has 29 heavy (non-hydrogen) atoms. The molecule has 0 amide bonds. The van der Waals surface area contributed by atoms with Crippen LogP contribution in [-0.2, 0) is 21.3 Å². The van der Waals surface area contributed by atoms with E-state index in [0.717, 1.165) is 38.5 Å². The topological polar surface area (TPSA) is 68.4 Å². The number of benzene rings is 1. The van der Waals surface area contributed by atoms with Crippen molar-refractivity contribution in [2.75, 3.05) is 57.4 Å². The van der Waals surface area contributed by atoms with Crippen molar-refractivity contribution in [3.05, 3.63) is 53.7 Å². The van der Waals surface area contributed by atoms with Crippen LogP contribution < -0.4 is 14.8 Å². The number of sulfonamides is 1. The van der Waals surface area contributed by atoms with E-state index < -0.39 is 10.0 Å². The minimum Gasteiger partial charge on any atom is -0.379 e. The van der Waals surface area contributed by atoms with Gasteiger partial charge < -0.3 is 9.64 Å². The number of anilines is 1. The van der Waals surface area contributed by atoms with Crippen LogP contribution in [0.25, 0.3) is 0 Å². The predicted octanol–water partition coefficient (Wildman–Crippen LogP) is -0.265. The van der Waals surface area contributed by atoms with E-state index in [-0.39, 0.29) is 0 Å². The zero-order valence-electron chi connectivity index (χ0n) is 16.9. The number of piperazine rings is 1. The van der Waals surface area contributed by atoms with Gasteiger partial charge in [-0.05, 0) is 13.0 Å². The van der Waals surface area contributed by atoms with Gasteiger partial charge in [-0.1, -0.05) is 29.8 Å². The lowest BCUT2D eigenvalue weighted by molar-refractivity contribution is -0.914. The van der Waals surface area contributed by atoms with Gasteiger partial charge in [0.2, 0.25) is 10.0 Å². The number of ether oxygens (including phenoxy) is 1. The molecule has 0 saturated carbocycles. The summed E-state index contributed by atoms with van der Waals surface area (Å²) in [6.45, 7) is 8.95. The molecule has 2 fully saturated rings. The van der Waals surface area contributed by atoms with Gasteiger partial charge in [0.05, 0.1) is 13.2 Å². The molecule has 156 valence electrons. The Morgan fingerprint density at radius 2 is 1.83 bits per heavy atom. The molecule has 0 atom stereocenters. The highest BCUT2D eigenvalue weighted by Gasteiger charge is 2.29. The molecule has 2 saturated heterocycles. The third-order valence-corrected chi connectivity index (χ3v) is 7.62. The van der Waals surface area contributed by atoms with Crippen molar-refractivity contribution < 1.29 is 23.0 Å². The van der Waals surface area contributed by atoms with Crippen LogP contribution in [0.15, 0.2) is 47.5 Å². The second-order valence-electron chi connectivity index (χ2n) is 7.83. The van der Waals surface area contributed by atoms with E-state index in [1.165, 1.54) is 15.4 Å². The Hall–Kier alpha value is -2.00. The van der Waals surface area contributed by atoms with E-state index >= 15 is 0 Å². The van der Waals surface area contributed by atoms with Crippen molar-refractivity contribution in [3.8, 4) is 0 Å². The maximum Gasteiger partial charge on any atom is 0.274 e. The standard InChI is InChI=1S/C21H28N4O3S/c1-18-3-2-4-19(15-18)17-23-7-9-24(10-8-23)21-6-5-20(16-22-21)29(26,27)25-11-13-28-14-12-25/h2-6,15-16H,7-14,17H2,1H3/p+2. The smallest absolute Gasteiger partial charge is 0.274 e. The molecule has 1 aromatic heterocycles. The first-order chi connectivity index (χ1) is 14.0. The van der Waals surface area contributed by atoms with E-state index in [1.807, 2.05) is 6.07 Å². The molecule has 1 aromatic carbocycles. The maximum absolute atomic E-state index is 12.7. The number of H-pyrrole nitrogens is 1. The van der Waals surface area contributed by atoms with Gasteiger partial charge >= 0.3 is 0 Å². The summed E-state index contributed by atoms with van der Waals surface area (Å²) >= 11 is 0. The van der Waals surface area contributed by atoms with Gasteiger partial charge in [0, 0.05) is 24.7 Å². The van der Waals surface area contributed by atoms with Gasteiger partial charge in [-0.25, -0.2) is 13.4 Å². The number of morpholine rings is 1. The number of hydrogen-bond acceptors (Lipinski definition) is 4. The summed E-state index contributed by atoms with van der Waals surface area (Å²) < 4.78 is 32.2. The number of nitrogens with zero attached hydrogens (tertiary/aromatic N) is 2. The Kier molecular flexibility index (Phi) is 6.15. The maximum atomic E-state index is 12.7. The molecule has 2 N–H and O–H groups in total. The molecule has 4 rings (SSSR count). The SMILES string of the molecule is Cc1cccc(C[NH+]2CCN(c3ccc(S(=O)(=O)N4CCOCC4)c[nH+]3)CC2)c1. The molecular weight excluding hydrogens is 388 g/mol. The van der Waals surface area contributed by atoms with Crippen LogP contribution in [0.3, 0.4) is 0 Å². The Morgan fingerprint density at radius 3 is 2.48 bits per heavy atom. The highest BCUT2D eigenvalue weighted by atomic mass is 32.2. The molecule has 2 aliphatic heterocycles. The molecule has 7 nitrogen and oxygen atoms in total. The van der Waals surface area contributed by atoms with E-state index in [4.69, 9.17) is 4.74 Å². The first-order valence-corrected chi connectivity index (χ1v) is 11.7. The van der Waals surface area contributed by atoms with Gasteiger partial charge in [-0.15, -0.1) is 0 Å². The van der Waals surface area contributed by atoms with Gasteiger partial charge in [0.15, 0.2) is 0 Å². The molecule has 0 radical (unpaired) electrons. The van der Waals surface area contributed by atoms with Crippen molar-refractivity contribution in [1.29, 1.82) is 0 Å². The molecule has 0 aliphatic carbocycles. The van der Waals surface area contributed by atoms with Crippen LogP contribution in [0, 0.1) is 6.92 Å². The lowest BCUT2D eigenvalue weighted by atomic mass is 10.1. The van der Waals surface area contributed by atoms with Crippen molar-refractivity contribution >= 4 is 15.8 Å². The van der Waals surface area contributed by atoms with E-state index in [2.05, 4.69) is 41.1 Å². The zero-order chi connectivity index (χ0) is 20.3. The zero-order valence-corrected chi connectivity index (χ0v) is 17.7. The van der Waals surface area contributed by atoms with E-state index in [9.17, 15) is 8.42 Å². The number of hydrogen-bond donors (Lipinski definition) is 1. The summed E-state index contributed by atoms with van der Waals surface area (Å²) in [7, 11) is -3.46. The van der Waals surface area contributed by atoms with Crippen LogP contribution in [0.2, 0.25) is 0 Å². The van der Waals surface area contributed by atoms with Crippen molar-refractivity contribution in [3.63, 3.8) is 0 Å². The van der Waals surface area contributed by atoms with Crippen LogP contribution >= 0.6 is 0 Å². The van der Waals surface area contributed by atoms with E-state index in [0.29, 0.717) is 31.2 Å². The lowest BCUT2D eigenvalue weighted by Gasteiger charge is -2.28. The monoisotopic (exact) mass is 418 g/mol. The Labute approximate surface area is 172 Å². The van der Waals surface area contributed by atoms with Gasteiger partial charge in [0.1, 0.15) is 43.8 Å². The van der Waals surface area contributed by atoms with Crippen LogP contribution in [-0.4, -0.2) is 65.2 Å². The van der Waals surface area contributed by atoms with Crippen molar-refractivity contribution in [2.24, 2.45) is 0 Å². The number of quaternary nitrogens is 1. The summed E-state index contributed by atoms with van der Waals surface area (Å²) in [6.07, 6.45) is 1.62. The van der Waals surface area contributed by atoms with Gasteiger partial charge in [-0.2, -0.15) is 4.31 Å². The highest BCUT2D eigenvalue weighted by Crippen LogP contribution is 2.17. The third-order valence-electron chi connectivity index (χ3n) is 5.72. The largest absolute Gasteiger partial charge is 0.379 e. The van der Waals surface area contributed by atoms with Crippen molar-refractivity contribution in [2.45, 2.75) is 18.4 Å². The fourth-order valence-corrected chi connectivity index (χ4v) is 5.42. The third kappa shape index (κ3) is 4.78. The van der Waals surface area contributed by atoms with Gasteiger partial charge in [-0.3, -0.25) is 4.90 Å². The summed E-state index contributed by atoms with van der Waals surface area (Å²) in [5.74, 6) is 0.973. The fourth-order valence-electron chi connectivity index (χ4n) is 4.05. The summed E-state index contributed by atoms with van der Waals surface area (Å²) in [6, 6.07) is 12.3. The normalized spacial score (nSPS) is 19.4. The Balaban J connectivity index is 1.35. The summed E-state index contributed by atoms with van der Waals surface area (Å²) in [5.41, 5.74) is 2.69. The number of aromatic nitrogens is 1. The average Bonchev–Trinajstić information content (AvgIpc) is 2.75. The second-order valence-corrected chi connectivity index (χ2v) is 9.77. The number of pyridine rings is 1. The Bertz CT molecular complexity index is 919. The number of aromatic amines is 1. The average molecular weight is 419 g/mol. The molecule has 2 aliphatic rings. The number of rotatable bonds is 5. The summed E-state index contributed by atoms with van der Waals surface area (Å²) in [5, 5.41) is 0. The first kappa shape index (κ1) is 20.3. The van der Waals surface area contributed by atoms with Gasteiger partial charge in [0.25, 0.3) is 5.82 Å². The molecule has 8 heteroatoms. The minimum atomic E-state index is -3.46. The fraction of sp³-hybridized carbons (Fsp3) is 0.476. The summed E-state index contributed by atoms with van der Waals surface area (Å²) in [4.78, 5) is 7.39. The quantitative estimate of drug-likeness (QED) is 0.726. The van der Waals surface area contributed by atoms with E-state index in [1.54, 1.807) is 17.2 Å². The van der Waals surface area contributed by atoms with Crippen LogP contribution in [0.5, 0.6) is 0 Å². The second kappa shape index (κ2) is 8.79. The lowest BCUT2D eigenvalue weighted by Crippen LogP contribution is -3.13. The molecular formula is C21H30N4O3S+2.